The molecule has 1 aromatic carbocycles. The summed E-state index contributed by atoms with van der Waals surface area (Å²) in [4.78, 5) is 15.3. The first-order chi connectivity index (χ1) is 15.9. The number of carbonyl (C=O) groups is 1. The van der Waals surface area contributed by atoms with Crippen molar-refractivity contribution in [1.82, 2.24) is 14.7 Å². The molecule has 4 aliphatic rings. The largest absolute Gasteiger partial charge is 0.475 e. The topological polar surface area (TPSA) is 115 Å². The van der Waals surface area contributed by atoms with Crippen LogP contribution in [0.3, 0.4) is 0 Å². The molecule has 2 aliphatic heterocycles. The Labute approximate surface area is 191 Å². The van der Waals surface area contributed by atoms with E-state index in [9.17, 15) is 13.4 Å². The van der Waals surface area contributed by atoms with Gasteiger partial charge in [0, 0.05) is 18.5 Å². The van der Waals surface area contributed by atoms with Gasteiger partial charge in [-0.3, -0.25) is 4.90 Å². The lowest BCUT2D eigenvalue weighted by molar-refractivity contribution is 0.0417. The van der Waals surface area contributed by atoms with Gasteiger partial charge in [-0.25, -0.2) is 23.2 Å². The summed E-state index contributed by atoms with van der Waals surface area (Å²) in [6, 6.07) is 1.48. The maximum Gasteiger partial charge on any atom is 0.354 e. The van der Waals surface area contributed by atoms with Gasteiger partial charge in [-0.05, 0) is 61.0 Å². The predicted octanol–water partition coefficient (Wildman–Crippen LogP) is 2.21. The second kappa shape index (κ2) is 7.78. The molecule has 3 heterocycles. The Morgan fingerprint density at radius 3 is 2.88 bits per heavy atom. The number of benzene rings is 1. The van der Waals surface area contributed by atoms with Crippen LogP contribution in [-0.4, -0.2) is 56.8 Å². The van der Waals surface area contributed by atoms with Crippen molar-refractivity contribution in [3.05, 3.63) is 34.5 Å². The second-order valence-electron chi connectivity index (χ2n) is 9.33. The molecule has 1 aromatic heterocycles. The Morgan fingerprint density at radius 1 is 1.24 bits per heavy atom. The molecule has 2 aliphatic carbocycles. The molecule has 11 heteroatoms. The summed E-state index contributed by atoms with van der Waals surface area (Å²) in [6.07, 6.45) is 4.93. The van der Waals surface area contributed by atoms with Crippen LogP contribution >= 0.6 is 0 Å². The van der Waals surface area contributed by atoms with Crippen molar-refractivity contribution >= 4 is 21.6 Å². The van der Waals surface area contributed by atoms with Crippen LogP contribution in [-0.2, 0) is 42.1 Å². The fourth-order valence-corrected chi connectivity index (χ4v) is 6.44. The summed E-state index contributed by atoms with van der Waals surface area (Å²) in [5.41, 5.74) is 4.54. The number of nitrogens with one attached hydrogen (secondary N) is 1. The molecule has 2 amide bonds. The van der Waals surface area contributed by atoms with Gasteiger partial charge in [-0.2, -0.15) is 5.10 Å². The van der Waals surface area contributed by atoms with Crippen LogP contribution in [0.1, 0.15) is 35.1 Å². The van der Waals surface area contributed by atoms with Crippen molar-refractivity contribution in [2.24, 2.45) is 9.50 Å². The summed E-state index contributed by atoms with van der Waals surface area (Å²) < 4.78 is 38.7. The number of halogens is 1. The summed E-state index contributed by atoms with van der Waals surface area (Å²) >= 11 is 0. The van der Waals surface area contributed by atoms with Crippen molar-refractivity contribution in [1.29, 1.82) is 0 Å². The first-order valence-corrected chi connectivity index (χ1v) is 13.1. The zero-order chi connectivity index (χ0) is 22.7. The lowest BCUT2D eigenvalue weighted by Crippen LogP contribution is -2.51. The molecular formula is C22H27FN6O3S. The Kier molecular flexibility index (Phi) is 4.96. The SMILES string of the molecule is N[S@](=O)(=NC(=O)Nc1c2c(cc3c1C[C@H](F)C3)CCC2)c1cnn2c1OC[C@@H](N1CCC1)C2. The number of alkyl halides is 1. The molecule has 1 fully saturated rings. The van der Waals surface area contributed by atoms with Crippen LogP contribution in [0.25, 0.3) is 0 Å². The van der Waals surface area contributed by atoms with E-state index in [1.807, 2.05) is 0 Å². The van der Waals surface area contributed by atoms with Crippen LogP contribution in [0.5, 0.6) is 5.88 Å². The van der Waals surface area contributed by atoms with E-state index in [4.69, 9.17) is 9.88 Å². The molecule has 0 unspecified atom stereocenters. The third kappa shape index (κ3) is 3.62. The minimum absolute atomic E-state index is 0.118. The van der Waals surface area contributed by atoms with Crippen molar-refractivity contribution in [3.8, 4) is 5.88 Å². The van der Waals surface area contributed by atoms with Crippen molar-refractivity contribution < 1.29 is 18.1 Å². The normalized spacial score (nSPS) is 25.3. The van der Waals surface area contributed by atoms with Crippen LogP contribution in [0.4, 0.5) is 14.9 Å². The molecule has 33 heavy (non-hydrogen) atoms. The quantitative estimate of drug-likeness (QED) is 0.708. The van der Waals surface area contributed by atoms with Crippen LogP contribution in [0.2, 0.25) is 0 Å². The zero-order valence-corrected chi connectivity index (χ0v) is 19.1. The van der Waals surface area contributed by atoms with E-state index >= 15 is 0 Å². The number of amides is 2. The number of ether oxygens (including phenoxy) is 1. The highest BCUT2D eigenvalue weighted by Gasteiger charge is 2.33. The number of carbonyl (C=O) groups excluding carboxylic acids is 1. The Bertz CT molecular complexity index is 1260. The molecule has 1 saturated heterocycles. The molecule has 9 nitrogen and oxygen atoms in total. The summed E-state index contributed by atoms with van der Waals surface area (Å²) in [6.45, 7) is 3.14. The van der Waals surface area contributed by atoms with E-state index in [1.165, 1.54) is 12.6 Å². The van der Waals surface area contributed by atoms with Gasteiger partial charge in [-0.1, -0.05) is 6.07 Å². The molecule has 0 saturated carbocycles. The van der Waals surface area contributed by atoms with E-state index < -0.39 is 22.1 Å². The zero-order valence-electron chi connectivity index (χ0n) is 18.3. The molecular weight excluding hydrogens is 447 g/mol. The number of aryl methyl sites for hydroxylation is 1. The maximum atomic E-state index is 14.1. The number of nitrogens with zero attached hydrogens (tertiary/aromatic N) is 4. The van der Waals surface area contributed by atoms with Gasteiger partial charge in [0.15, 0.2) is 9.92 Å². The second-order valence-corrected chi connectivity index (χ2v) is 11.1. The Morgan fingerprint density at radius 2 is 2.09 bits per heavy atom. The number of hydrogen-bond donors (Lipinski definition) is 2. The highest BCUT2D eigenvalue weighted by Crippen LogP contribution is 2.39. The lowest BCUT2D eigenvalue weighted by atomic mass is 9.99. The number of fused-ring (bicyclic) bond motifs is 3. The van der Waals surface area contributed by atoms with Crippen LogP contribution < -0.4 is 15.2 Å². The van der Waals surface area contributed by atoms with E-state index in [1.54, 1.807) is 4.68 Å². The average Bonchev–Trinajstić information content (AvgIpc) is 3.43. The third-order valence-corrected chi connectivity index (χ3v) is 8.54. The molecule has 0 spiro atoms. The maximum absolute atomic E-state index is 14.1. The number of hydrogen-bond acceptors (Lipinski definition) is 5. The molecule has 0 bridgehead atoms. The third-order valence-electron chi connectivity index (χ3n) is 7.20. The number of nitrogens with two attached hydrogens (primary N) is 1. The predicted molar refractivity (Wildman–Crippen MR) is 121 cm³/mol. The molecule has 3 N–H and O–H groups in total. The number of anilines is 1. The van der Waals surface area contributed by atoms with Crippen molar-refractivity contribution in [2.75, 3.05) is 25.0 Å². The standard InChI is InChI=1S/C22H27FN6O3S/c23-15-8-14-7-13-3-1-4-17(13)20(18(14)9-15)26-22(30)27-33(24,31)19-10-25-29-11-16(12-32-21(19)29)28-5-2-6-28/h7,10,15-16H,1-6,8-9,11-12H2,(H3,24,26,27,30,31)/t15-,16+,33+/m1/s1. The Hall–Kier alpha value is -2.50. The summed E-state index contributed by atoms with van der Waals surface area (Å²) in [5.74, 6) is 0.303. The smallest absolute Gasteiger partial charge is 0.354 e. The van der Waals surface area contributed by atoms with E-state index in [0.29, 0.717) is 31.1 Å². The highest BCUT2D eigenvalue weighted by atomic mass is 32.2. The van der Waals surface area contributed by atoms with Gasteiger partial charge in [-0.15, -0.1) is 4.36 Å². The average molecular weight is 475 g/mol. The monoisotopic (exact) mass is 474 g/mol. The summed E-state index contributed by atoms with van der Waals surface area (Å²) in [5, 5.41) is 13.1. The fourth-order valence-electron chi connectivity index (χ4n) is 5.44. The number of likely N-dealkylation sites (tertiary alicyclic amines) is 1. The van der Waals surface area contributed by atoms with Gasteiger partial charge in [0.25, 0.3) is 0 Å². The van der Waals surface area contributed by atoms with Crippen LogP contribution in [0, 0.1) is 0 Å². The summed E-state index contributed by atoms with van der Waals surface area (Å²) in [7, 11) is -3.58. The molecule has 2 aromatic rings. The first-order valence-electron chi connectivity index (χ1n) is 11.5. The van der Waals surface area contributed by atoms with Gasteiger partial charge in [0.2, 0.25) is 5.88 Å². The van der Waals surface area contributed by atoms with Gasteiger partial charge >= 0.3 is 6.03 Å². The van der Waals surface area contributed by atoms with E-state index in [2.05, 4.69) is 25.7 Å². The molecule has 3 atom stereocenters. The van der Waals surface area contributed by atoms with E-state index in [-0.39, 0.29) is 17.4 Å². The van der Waals surface area contributed by atoms with Crippen molar-refractivity contribution in [2.45, 2.75) is 62.2 Å². The Balaban J connectivity index is 1.27. The molecule has 6 rings (SSSR count). The number of urea groups is 1. The molecule has 176 valence electrons. The van der Waals surface area contributed by atoms with Crippen LogP contribution in [0.15, 0.2) is 21.5 Å². The fraction of sp³-hybridized carbons (Fsp3) is 0.545. The molecule has 0 radical (unpaired) electrons. The minimum atomic E-state index is -3.58. The van der Waals surface area contributed by atoms with Gasteiger partial charge in [0.05, 0.1) is 18.8 Å². The van der Waals surface area contributed by atoms with Crippen molar-refractivity contribution in [3.63, 3.8) is 0 Å². The highest BCUT2D eigenvalue weighted by molar-refractivity contribution is 7.91. The number of aromatic nitrogens is 2. The van der Waals surface area contributed by atoms with Gasteiger partial charge in [0.1, 0.15) is 17.7 Å². The lowest BCUT2D eigenvalue weighted by Gasteiger charge is -2.40. The van der Waals surface area contributed by atoms with E-state index in [0.717, 1.165) is 54.6 Å². The minimum Gasteiger partial charge on any atom is -0.475 e. The first kappa shape index (κ1) is 21.1. The van der Waals surface area contributed by atoms with Gasteiger partial charge < -0.3 is 10.1 Å². The number of rotatable bonds is 3.